The van der Waals surface area contributed by atoms with Crippen LogP contribution in [0.5, 0.6) is 0 Å². The van der Waals surface area contributed by atoms with E-state index in [0.717, 1.165) is 23.2 Å². The number of carbonyl (C=O) groups excluding carboxylic acids is 3. The van der Waals surface area contributed by atoms with Gasteiger partial charge in [0.1, 0.15) is 10.6 Å². The van der Waals surface area contributed by atoms with Gasteiger partial charge in [0.2, 0.25) is 0 Å². The number of benzene rings is 2. The number of carbonyl (C=O) groups is 3. The van der Waals surface area contributed by atoms with Gasteiger partial charge in [-0.15, -0.1) is 11.3 Å². The molecule has 8 nitrogen and oxygen atoms in total. The molecule has 10 heteroatoms. The van der Waals surface area contributed by atoms with Crippen LogP contribution in [-0.4, -0.2) is 45.7 Å². The second-order valence-electron chi connectivity index (χ2n) is 6.86. The predicted molar refractivity (Wildman–Crippen MR) is 124 cm³/mol. The highest BCUT2D eigenvalue weighted by molar-refractivity contribution is 7.90. The molecular weight excluding hydrogens is 466 g/mol. The van der Waals surface area contributed by atoms with E-state index in [1.165, 1.54) is 24.3 Å². The zero-order valence-corrected chi connectivity index (χ0v) is 19.5. The molecule has 0 atom stereocenters. The number of esters is 2. The van der Waals surface area contributed by atoms with Gasteiger partial charge in [0.05, 0.1) is 17.1 Å². The summed E-state index contributed by atoms with van der Waals surface area (Å²) in [5.74, 6) is -2.09. The second kappa shape index (κ2) is 10.4. The van der Waals surface area contributed by atoms with Gasteiger partial charge in [0, 0.05) is 17.2 Å². The molecule has 33 heavy (non-hydrogen) atoms. The number of rotatable bonds is 8. The molecule has 0 unspecified atom stereocenters. The molecule has 0 bridgehead atoms. The highest BCUT2D eigenvalue weighted by Crippen LogP contribution is 2.36. The lowest BCUT2D eigenvalue weighted by Gasteiger charge is -2.09. The molecular formula is C23H21NO7S2. The van der Waals surface area contributed by atoms with E-state index in [2.05, 4.69) is 5.32 Å². The molecule has 0 spiro atoms. The second-order valence-corrected chi connectivity index (χ2v) is 9.76. The molecule has 172 valence electrons. The van der Waals surface area contributed by atoms with Crippen LogP contribution >= 0.6 is 11.3 Å². The van der Waals surface area contributed by atoms with Crippen molar-refractivity contribution in [2.24, 2.45) is 0 Å². The van der Waals surface area contributed by atoms with Crippen molar-refractivity contribution in [1.82, 2.24) is 0 Å². The zero-order valence-electron chi connectivity index (χ0n) is 17.9. The monoisotopic (exact) mass is 487 g/mol. The Bertz CT molecular complexity index is 1280. The van der Waals surface area contributed by atoms with Crippen LogP contribution in [0.25, 0.3) is 11.1 Å². The van der Waals surface area contributed by atoms with Crippen LogP contribution < -0.4 is 5.32 Å². The van der Waals surface area contributed by atoms with Gasteiger partial charge < -0.3 is 14.8 Å². The van der Waals surface area contributed by atoms with Gasteiger partial charge in [0.25, 0.3) is 5.91 Å². The quantitative estimate of drug-likeness (QED) is 0.481. The highest BCUT2D eigenvalue weighted by atomic mass is 32.2. The molecule has 0 saturated heterocycles. The van der Waals surface area contributed by atoms with Crippen LogP contribution in [0.15, 0.2) is 64.9 Å². The minimum absolute atomic E-state index is 0.000394. The smallest absolute Gasteiger partial charge is 0.341 e. The summed E-state index contributed by atoms with van der Waals surface area (Å²) in [6.07, 6.45) is 1.02. The molecule has 0 saturated carbocycles. The molecule has 1 amide bonds. The number of ether oxygens (including phenoxy) is 2. The van der Waals surface area contributed by atoms with E-state index < -0.39 is 34.3 Å². The number of thiophene rings is 1. The lowest BCUT2D eigenvalue weighted by molar-refractivity contribution is -0.119. The lowest BCUT2D eigenvalue weighted by atomic mass is 10.0. The number of nitrogens with one attached hydrogen (secondary N) is 1. The van der Waals surface area contributed by atoms with Gasteiger partial charge in [-0.05, 0) is 30.7 Å². The van der Waals surface area contributed by atoms with Crippen LogP contribution in [0, 0.1) is 0 Å². The molecule has 0 fully saturated rings. The molecule has 0 aliphatic heterocycles. The molecule has 2 aromatic carbocycles. The highest BCUT2D eigenvalue weighted by Gasteiger charge is 2.23. The summed E-state index contributed by atoms with van der Waals surface area (Å²) < 4.78 is 33.5. The molecule has 0 aliphatic rings. The maximum Gasteiger partial charge on any atom is 0.341 e. The largest absolute Gasteiger partial charge is 0.462 e. The zero-order chi connectivity index (χ0) is 24.0. The molecule has 3 rings (SSSR count). The van der Waals surface area contributed by atoms with E-state index >= 15 is 0 Å². The van der Waals surface area contributed by atoms with Crippen molar-refractivity contribution in [2.75, 3.05) is 24.8 Å². The van der Waals surface area contributed by atoms with Crippen LogP contribution in [0.3, 0.4) is 0 Å². The van der Waals surface area contributed by atoms with Crippen molar-refractivity contribution in [1.29, 1.82) is 0 Å². The van der Waals surface area contributed by atoms with Crippen molar-refractivity contribution >= 4 is 44.0 Å². The number of anilines is 1. The molecule has 1 aromatic heterocycles. The third-order valence-corrected chi connectivity index (χ3v) is 6.45. The van der Waals surface area contributed by atoms with E-state index in [-0.39, 0.29) is 27.6 Å². The Labute approximate surface area is 195 Å². The van der Waals surface area contributed by atoms with Crippen molar-refractivity contribution < 1.29 is 32.3 Å². The number of hydrogen-bond acceptors (Lipinski definition) is 8. The van der Waals surface area contributed by atoms with Gasteiger partial charge in [0.15, 0.2) is 16.4 Å². The van der Waals surface area contributed by atoms with Crippen LogP contribution in [0.2, 0.25) is 0 Å². The number of hydrogen-bond donors (Lipinski definition) is 1. The summed E-state index contributed by atoms with van der Waals surface area (Å²) in [6.45, 7) is 1.23. The third-order valence-electron chi connectivity index (χ3n) is 4.44. The van der Waals surface area contributed by atoms with Gasteiger partial charge in [-0.3, -0.25) is 4.79 Å². The Morgan fingerprint density at radius 2 is 1.70 bits per heavy atom. The fraction of sp³-hybridized carbons (Fsp3) is 0.174. The van der Waals surface area contributed by atoms with E-state index in [9.17, 15) is 22.8 Å². The summed E-state index contributed by atoms with van der Waals surface area (Å²) in [4.78, 5) is 37.2. The third kappa shape index (κ3) is 6.05. The first-order valence-corrected chi connectivity index (χ1v) is 12.6. The van der Waals surface area contributed by atoms with Crippen LogP contribution in [0.1, 0.15) is 27.6 Å². The molecule has 3 aromatic rings. The van der Waals surface area contributed by atoms with Crippen molar-refractivity contribution in [3.63, 3.8) is 0 Å². The Kier molecular flexibility index (Phi) is 7.62. The molecule has 1 heterocycles. The van der Waals surface area contributed by atoms with Gasteiger partial charge in [-0.25, -0.2) is 18.0 Å². The van der Waals surface area contributed by atoms with E-state index in [0.29, 0.717) is 5.56 Å². The minimum atomic E-state index is -3.50. The summed E-state index contributed by atoms with van der Waals surface area (Å²) in [5, 5.41) is 4.59. The Morgan fingerprint density at radius 3 is 2.36 bits per heavy atom. The summed E-state index contributed by atoms with van der Waals surface area (Å²) in [6, 6.07) is 14.5. The minimum Gasteiger partial charge on any atom is -0.462 e. The Hall–Kier alpha value is -3.50. The van der Waals surface area contributed by atoms with E-state index in [1.807, 2.05) is 30.3 Å². The number of amides is 1. The Morgan fingerprint density at radius 1 is 0.970 bits per heavy atom. The average Bonchev–Trinajstić information content (AvgIpc) is 3.21. The average molecular weight is 488 g/mol. The SMILES string of the molecule is CCOC(=O)c1c(-c2ccccc2)csc1NC(=O)COC(=O)c1cccc(S(C)(=O)=O)c1. The Balaban J connectivity index is 1.73. The summed E-state index contributed by atoms with van der Waals surface area (Å²) in [5.41, 5.74) is 1.62. The summed E-state index contributed by atoms with van der Waals surface area (Å²) >= 11 is 1.15. The lowest BCUT2D eigenvalue weighted by Crippen LogP contribution is -2.22. The normalized spacial score (nSPS) is 11.0. The number of sulfone groups is 1. The maximum atomic E-state index is 12.6. The molecule has 0 aliphatic carbocycles. The van der Waals surface area contributed by atoms with Gasteiger partial charge >= 0.3 is 11.9 Å². The van der Waals surface area contributed by atoms with E-state index in [4.69, 9.17) is 9.47 Å². The molecule has 1 N–H and O–H groups in total. The van der Waals surface area contributed by atoms with E-state index in [1.54, 1.807) is 12.3 Å². The topological polar surface area (TPSA) is 116 Å². The first-order valence-electron chi connectivity index (χ1n) is 9.81. The first kappa shape index (κ1) is 24.1. The first-order chi connectivity index (χ1) is 15.7. The fourth-order valence-electron chi connectivity index (χ4n) is 2.92. The van der Waals surface area contributed by atoms with Crippen molar-refractivity contribution in [2.45, 2.75) is 11.8 Å². The standard InChI is InChI=1S/C23H21NO7S2/c1-3-30-23(27)20-18(15-8-5-4-6-9-15)14-32-21(20)24-19(25)13-31-22(26)16-10-7-11-17(12-16)33(2,28)29/h4-12,14H,3,13H2,1-2H3,(H,24,25). The predicted octanol–water partition coefficient (Wildman–Crippen LogP) is 3.79. The van der Waals surface area contributed by atoms with Crippen molar-refractivity contribution in [3.05, 3.63) is 71.1 Å². The van der Waals surface area contributed by atoms with Crippen molar-refractivity contribution in [3.8, 4) is 11.1 Å². The molecule has 0 radical (unpaired) electrons. The van der Waals surface area contributed by atoms with Crippen LogP contribution in [0.4, 0.5) is 5.00 Å². The van der Waals surface area contributed by atoms with Gasteiger partial charge in [-0.1, -0.05) is 36.4 Å². The summed E-state index contributed by atoms with van der Waals surface area (Å²) in [7, 11) is -3.50. The maximum absolute atomic E-state index is 12.6. The fourth-order valence-corrected chi connectivity index (χ4v) is 4.56. The van der Waals surface area contributed by atoms with Crippen LogP contribution in [-0.2, 0) is 24.1 Å². The van der Waals surface area contributed by atoms with Gasteiger partial charge in [-0.2, -0.15) is 0 Å².